The number of fused-ring (bicyclic) bond motifs is 12. The van der Waals surface area contributed by atoms with Gasteiger partial charge in [0.25, 0.3) is 0 Å². The molecule has 0 radical (unpaired) electrons. The monoisotopic (exact) mass is 782 g/mol. The van der Waals surface area contributed by atoms with Crippen molar-refractivity contribution in [1.29, 1.82) is 0 Å². The first-order valence-corrected chi connectivity index (χ1v) is 21.6. The quantitative estimate of drug-likeness (QED) is 0.167. The molecule has 1 aliphatic carbocycles. The Bertz CT molecular complexity index is 3490. The van der Waals surface area contributed by atoms with Crippen molar-refractivity contribution in [2.75, 3.05) is 4.90 Å². The number of aromatic nitrogens is 1. The smallest absolute Gasteiger partial charge is 0.336 e. The van der Waals surface area contributed by atoms with Crippen LogP contribution >= 0.6 is 0 Å². The summed E-state index contributed by atoms with van der Waals surface area (Å²) in [5.74, 6) is 0. The van der Waals surface area contributed by atoms with E-state index in [1.165, 1.54) is 105 Å². The van der Waals surface area contributed by atoms with Crippen LogP contribution in [0.1, 0.15) is 51.3 Å². The molecule has 0 saturated heterocycles. The van der Waals surface area contributed by atoms with Gasteiger partial charge in [-0.15, -0.1) is 0 Å². The maximum absolute atomic E-state index is 7.03. The maximum atomic E-state index is 7.03. The van der Waals surface area contributed by atoms with Gasteiger partial charge in [0.1, 0.15) is 5.58 Å². The highest BCUT2D eigenvalue weighted by atomic mass is 16.3. The first-order chi connectivity index (χ1) is 29.7. The van der Waals surface area contributed by atoms with E-state index in [9.17, 15) is 0 Å². The Balaban J connectivity index is 1.22. The summed E-state index contributed by atoms with van der Waals surface area (Å²) in [5, 5.41) is 3.57. The topological polar surface area (TPSA) is 21.3 Å². The van der Waals surface area contributed by atoms with Crippen LogP contribution in [0.4, 0.5) is 17.1 Å². The number of furan rings is 1. The number of hydrogen-bond donors (Lipinski definition) is 0. The number of hydrogen-bond acceptors (Lipinski definition) is 2. The van der Waals surface area contributed by atoms with Crippen molar-refractivity contribution < 1.29 is 4.42 Å². The number of benzene rings is 8. The second-order valence-electron chi connectivity index (χ2n) is 18.9. The van der Waals surface area contributed by atoms with Crippen LogP contribution in [0.3, 0.4) is 0 Å². The molecule has 61 heavy (non-hydrogen) atoms. The molecule has 0 N–H and O–H groups in total. The Morgan fingerprint density at radius 3 is 2.02 bits per heavy atom. The van der Waals surface area contributed by atoms with Crippen molar-refractivity contribution >= 4 is 67.8 Å². The molecule has 0 fully saturated rings. The summed E-state index contributed by atoms with van der Waals surface area (Å²) in [7, 11) is 0. The third-order valence-corrected chi connectivity index (χ3v) is 14.1. The van der Waals surface area contributed by atoms with Gasteiger partial charge in [-0.25, -0.2) is 0 Å². The van der Waals surface area contributed by atoms with Crippen molar-refractivity contribution in [2.24, 2.45) is 0 Å². The van der Waals surface area contributed by atoms with Crippen molar-refractivity contribution in [3.63, 3.8) is 0 Å². The molecule has 10 aromatic rings. The zero-order valence-corrected chi connectivity index (χ0v) is 35.0. The average Bonchev–Trinajstić information content (AvgIpc) is 3.89. The van der Waals surface area contributed by atoms with Crippen LogP contribution in [0.2, 0.25) is 0 Å². The van der Waals surface area contributed by atoms with Gasteiger partial charge in [-0.3, -0.25) is 0 Å². The van der Waals surface area contributed by atoms with Crippen molar-refractivity contribution in [3.8, 4) is 44.5 Å². The molecule has 8 aromatic carbocycles. The molecule has 2 aliphatic heterocycles. The van der Waals surface area contributed by atoms with Gasteiger partial charge in [-0.05, 0) is 103 Å². The van der Waals surface area contributed by atoms with Crippen LogP contribution in [0, 0.1) is 0 Å². The van der Waals surface area contributed by atoms with Gasteiger partial charge in [-0.2, -0.15) is 0 Å². The van der Waals surface area contributed by atoms with E-state index in [0.717, 1.165) is 16.7 Å². The fourth-order valence-electron chi connectivity index (χ4n) is 11.2. The molecule has 3 aliphatic rings. The van der Waals surface area contributed by atoms with E-state index in [0.29, 0.717) is 0 Å². The van der Waals surface area contributed by atoms with E-state index in [1.807, 2.05) is 0 Å². The molecule has 4 heterocycles. The minimum Gasteiger partial charge on any atom is -0.441 e. The summed E-state index contributed by atoms with van der Waals surface area (Å²) >= 11 is 0. The lowest BCUT2D eigenvalue weighted by Gasteiger charge is -2.42. The van der Waals surface area contributed by atoms with Gasteiger partial charge >= 0.3 is 6.85 Å². The summed E-state index contributed by atoms with van der Waals surface area (Å²) in [6.07, 6.45) is 0. The van der Waals surface area contributed by atoms with Crippen molar-refractivity contribution in [1.82, 2.24) is 4.48 Å². The van der Waals surface area contributed by atoms with Gasteiger partial charge in [0.05, 0.1) is 11.1 Å². The highest BCUT2D eigenvalue weighted by molar-refractivity contribution is 6.90. The Labute approximate surface area is 356 Å². The highest BCUT2D eigenvalue weighted by Crippen LogP contribution is 2.54. The van der Waals surface area contributed by atoms with Gasteiger partial charge < -0.3 is 13.8 Å². The first kappa shape index (κ1) is 34.8. The number of rotatable bonds is 3. The van der Waals surface area contributed by atoms with Crippen LogP contribution in [-0.4, -0.2) is 11.3 Å². The van der Waals surface area contributed by atoms with Crippen molar-refractivity contribution in [3.05, 3.63) is 187 Å². The van der Waals surface area contributed by atoms with Gasteiger partial charge in [0.15, 0.2) is 5.71 Å². The van der Waals surface area contributed by atoms with Crippen LogP contribution in [0.15, 0.2) is 174 Å². The summed E-state index contributed by atoms with van der Waals surface area (Å²) in [6, 6.07) is 63.6. The molecule has 3 nitrogen and oxygen atoms in total. The SMILES string of the molecule is CC(C)(C)c1ccc(N2c3cc4c(cc3B3c5c(cc(-c6ccccc6)cc52)-c2cccc5c6c7ccccc7oc6n3c25)-c2ccccc2C4(C)C)c(-c2ccccc2)c1. The second kappa shape index (κ2) is 12.0. The largest absolute Gasteiger partial charge is 0.441 e. The molecular formula is C57H43BN2O. The molecule has 0 atom stereocenters. The van der Waals surface area contributed by atoms with Crippen LogP contribution in [0.25, 0.3) is 77.5 Å². The van der Waals surface area contributed by atoms with E-state index in [1.54, 1.807) is 0 Å². The highest BCUT2D eigenvalue weighted by Gasteiger charge is 2.47. The normalized spacial score (nSPS) is 14.4. The molecule has 0 bridgehead atoms. The predicted molar refractivity (Wildman–Crippen MR) is 257 cm³/mol. The lowest BCUT2D eigenvalue weighted by atomic mass is 9.44. The van der Waals surface area contributed by atoms with Gasteiger partial charge in [0, 0.05) is 44.2 Å². The number of anilines is 3. The van der Waals surface area contributed by atoms with E-state index in [2.05, 4.69) is 214 Å². The summed E-state index contributed by atoms with van der Waals surface area (Å²) in [6.45, 7) is 11.6. The molecule has 0 spiro atoms. The van der Waals surface area contributed by atoms with E-state index in [4.69, 9.17) is 4.42 Å². The van der Waals surface area contributed by atoms with E-state index >= 15 is 0 Å². The number of para-hydroxylation sites is 2. The van der Waals surface area contributed by atoms with Crippen molar-refractivity contribution in [2.45, 2.75) is 45.4 Å². The summed E-state index contributed by atoms with van der Waals surface area (Å²) in [5.41, 5.74) is 23.0. The molecular weight excluding hydrogens is 739 g/mol. The molecule has 13 rings (SSSR count). The zero-order valence-electron chi connectivity index (χ0n) is 35.0. The number of nitrogens with zero attached hydrogens (tertiary/aromatic N) is 2. The molecule has 290 valence electrons. The van der Waals surface area contributed by atoms with Crippen LogP contribution in [-0.2, 0) is 10.8 Å². The Hall–Kier alpha value is -7.04. The van der Waals surface area contributed by atoms with E-state index < -0.39 is 0 Å². The minimum atomic E-state index is -0.186. The fraction of sp³-hybridized carbons (Fsp3) is 0.123. The Kier molecular flexibility index (Phi) is 6.87. The molecule has 0 saturated carbocycles. The minimum absolute atomic E-state index is 0.0303. The third-order valence-electron chi connectivity index (χ3n) is 14.1. The molecule has 0 unspecified atom stereocenters. The lowest BCUT2D eigenvalue weighted by molar-refractivity contribution is 0.590. The zero-order chi connectivity index (χ0) is 40.9. The standard InChI is InChI=1S/C57H43BN2O/c1-56(2,3)37-27-28-48(42(31-37)35-19-10-7-11-20-35)59-49-33-46-43(38-21-12-14-25-45(38)57(46,4)5)32-47(49)58-53-44(29-36(30-50(53)59)34-17-8-6-9-18-34)39-23-16-24-41-52-40-22-13-15-26-51(40)61-55(52)60(58)54(39)41/h6-33H,1-5H3. The fourth-order valence-corrected chi connectivity index (χ4v) is 11.2. The predicted octanol–water partition coefficient (Wildman–Crippen LogP) is 13.9. The summed E-state index contributed by atoms with van der Waals surface area (Å²) in [4.78, 5) is 2.62. The Morgan fingerprint density at radius 1 is 0.508 bits per heavy atom. The second-order valence-corrected chi connectivity index (χ2v) is 18.9. The molecule has 4 heteroatoms. The van der Waals surface area contributed by atoms with Gasteiger partial charge in [-0.1, -0.05) is 168 Å². The van der Waals surface area contributed by atoms with Gasteiger partial charge in [0.2, 0.25) is 0 Å². The summed E-state index contributed by atoms with van der Waals surface area (Å²) < 4.78 is 9.59. The lowest BCUT2D eigenvalue weighted by Crippen LogP contribution is -2.56. The maximum Gasteiger partial charge on any atom is 0.336 e. The van der Waals surface area contributed by atoms with Crippen LogP contribution < -0.4 is 15.8 Å². The van der Waals surface area contributed by atoms with E-state index in [-0.39, 0.29) is 17.7 Å². The average molecular weight is 783 g/mol. The third kappa shape index (κ3) is 4.65. The van der Waals surface area contributed by atoms with Crippen LogP contribution in [0.5, 0.6) is 0 Å². The molecule has 2 aromatic heterocycles. The first-order valence-electron chi connectivity index (χ1n) is 21.6. The molecule has 0 amide bonds. The Morgan fingerprint density at radius 2 is 1.21 bits per heavy atom.